The third-order valence-corrected chi connectivity index (χ3v) is 6.26. The molecule has 0 N–H and O–H groups in total. The molecule has 3 heterocycles. The Labute approximate surface area is 235 Å². The lowest BCUT2D eigenvalue weighted by molar-refractivity contribution is -0.142. The van der Waals surface area contributed by atoms with E-state index < -0.39 is 23.3 Å². The van der Waals surface area contributed by atoms with Gasteiger partial charge in [-0.15, -0.1) is 0 Å². The molecule has 0 aromatic heterocycles. The monoisotopic (exact) mass is 566 g/mol. The van der Waals surface area contributed by atoms with Gasteiger partial charge in [0.05, 0.1) is 19.8 Å². The molecule has 1 aromatic rings. The fourth-order valence-electron chi connectivity index (χ4n) is 4.42. The third kappa shape index (κ3) is 8.55. The van der Waals surface area contributed by atoms with Gasteiger partial charge in [0.15, 0.2) is 28.9 Å². The van der Waals surface area contributed by atoms with Crippen LogP contribution in [0.1, 0.15) is 54.0 Å². The van der Waals surface area contributed by atoms with Crippen molar-refractivity contribution < 1.29 is 52.2 Å². The summed E-state index contributed by atoms with van der Waals surface area (Å²) in [7, 11) is 0. The van der Waals surface area contributed by atoms with Crippen LogP contribution in [0.15, 0.2) is 24.3 Å². The molecule has 3 atom stereocenters. The second-order valence-corrected chi connectivity index (χ2v) is 11.6. The van der Waals surface area contributed by atoms with Crippen molar-refractivity contribution in [3.8, 4) is 17.2 Å². The van der Waals surface area contributed by atoms with Gasteiger partial charge in [-0.3, -0.25) is 0 Å². The Balaban J connectivity index is 1.57. The van der Waals surface area contributed by atoms with E-state index in [-0.39, 0.29) is 44.7 Å². The largest absolute Gasteiger partial charge is 0.487 e. The number of hydrogen-bond donors (Lipinski definition) is 0. The first kappa shape index (κ1) is 30.5. The van der Waals surface area contributed by atoms with Gasteiger partial charge < -0.3 is 47.4 Å². The van der Waals surface area contributed by atoms with Crippen LogP contribution < -0.4 is 14.2 Å². The minimum absolute atomic E-state index is 0.0153. The summed E-state index contributed by atoms with van der Waals surface area (Å²) in [5.41, 5.74) is 0.943. The second kappa shape index (κ2) is 12.2. The van der Waals surface area contributed by atoms with Crippen LogP contribution in [-0.4, -0.2) is 81.3 Å². The van der Waals surface area contributed by atoms with Crippen LogP contribution >= 0.6 is 0 Å². The number of rotatable bonds is 12. The average Bonchev–Trinajstić information content (AvgIpc) is 3.53. The normalized spacial score (nSPS) is 26.4. The van der Waals surface area contributed by atoms with E-state index in [1.54, 1.807) is 19.1 Å². The molecule has 11 heteroatoms. The first-order chi connectivity index (χ1) is 18.7. The van der Waals surface area contributed by atoms with Crippen molar-refractivity contribution in [1.82, 2.24) is 0 Å². The molecule has 224 valence electrons. The summed E-state index contributed by atoms with van der Waals surface area (Å²) in [6, 6.07) is 3.51. The number of hydrogen-bond acceptors (Lipinski definition) is 11. The topological polar surface area (TPSA) is 109 Å². The standard InChI is InChI=1S/C29H42O11/c1-18(2)26(30)34-11-19-9-23(31-12-20-15-35-27(3,4)38-20)25(33-14-22-17-37-29(7,8)40-22)24(10-19)32-13-21-16-36-28(5,6)39-21/h9-10,20-22H,1,11-17H2,2-8H3. The molecule has 0 radical (unpaired) electrons. The molecule has 3 aliphatic rings. The van der Waals surface area contributed by atoms with Gasteiger partial charge in [-0.05, 0) is 66.2 Å². The molecule has 3 fully saturated rings. The first-order valence-corrected chi connectivity index (χ1v) is 13.5. The summed E-state index contributed by atoms with van der Waals surface area (Å²) < 4.78 is 58.9. The van der Waals surface area contributed by atoms with Crippen molar-refractivity contribution in [3.63, 3.8) is 0 Å². The van der Waals surface area contributed by atoms with Crippen molar-refractivity contribution in [3.05, 3.63) is 29.8 Å². The summed E-state index contributed by atoms with van der Waals surface area (Å²) in [6.45, 7) is 18.1. The van der Waals surface area contributed by atoms with E-state index >= 15 is 0 Å². The molecule has 3 aliphatic heterocycles. The first-order valence-electron chi connectivity index (χ1n) is 13.5. The van der Waals surface area contributed by atoms with Gasteiger partial charge in [-0.2, -0.15) is 0 Å². The molecule has 4 rings (SSSR count). The van der Waals surface area contributed by atoms with Crippen LogP contribution in [0.25, 0.3) is 0 Å². The molecule has 1 aromatic carbocycles. The summed E-state index contributed by atoms with van der Waals surface area (Å²) in [4.78, 5) is 12.1. The maximum Gasteiger partial charge on any atom is 0.333 e. The van der Waals surface area contributed by atoms with Crippen molar-refractivity contribution in [2.75, 3.05) is 39.6 Å². The van der Waals surface area contributed by atoms with Gasteiger partial charge in [0, 0.05) is 5.57 Å². The number of esters is 1. The fourth-order valence-corrected chi connectivity index (χ4v) is 4.42. The minimum atomic E-state index is -0.692. The van der Waals surface area contributed by atoms with Gasteiger partial charge in [0.25, 0.3) is 0 Å². The molecule has 40 heavy (non-hydrogen) atoms. The number of carbonyl (C=O) groups is 1. The van der Waals surface area contributed by atoms with Gasteiger partial charge >= 0.3 is 5.97 Å². The SMILES string of the molecule is C=C(C)C(=O)OCc1cc(OCC2COC(C)(C)O2)c(OCC2COC(C)(C)O2)c(OCC2COC(C)(C)O2)c1. The zero-order valence-corrected chi connectivity index (χ0v) is 24.5. The van der Waals surface area contributed by atoms with E-state index in [9.17, 15) is 4.79 Å². The molecular formula is C29H42O11. The Kier molecular flexibility index (Phi) is 9.33. The Morgan fingerprint density at radius 3 is 1.52 bits per heavy atom. The Bertz CT molecular complexity index is 1010. The zero-order valence-electron chi connectivity index (χ0n) is 24.5. The maximum atomic E-state index is 12.1. The van der Waals surface area contributed by atoms with Crippen molar-refractivity contribution in [1.29, 1.82) is 0 Å². The summed E-state index contributed by atoms with van der Waals surface area (Å²) in [6.07, 6.45) is -0.849. The third-order valence-electron chi connectivity index (χ3n) is 6.26. The van der Waals surface area contributed by atoms with Crippen molar-refractivity contribution in [2.24, 2.45) is 0 Å². The highest BCUT2D eigenvalue weighted by atomic mass is 16.8. The highest BCUT2D eigenvalue weighted by Gasteiger charge is 2.36. The quantitative estimate of drug-likeness (QED) is 0.271. The Hall–Kier alpha value is -2.41. The zero-order chi connectivity index (χ0) is 29.1. The van der Waals surface area contributed by atoms with E-state index in [1.165, 1.54) is 0 Å². The van der Waals surface area contributed by atoms with Crippen LogP contribution in [0.3, 0.4) is 0 Å². The van der Waals surface area contributed by atoms with Crippen LogP contribution in [0, 0.1) is 0 Å². The van der Waals surface area contributed by atoms with Gasteiger partial charge in [-0.25, -0.2) is 4.79 Å². The molecule has 0 amide bonds. The molecule has 0 spiro atoms. The van der Waals surface area contributed by atoms with E-state index in [4.69, 9.17) is 47.4 Å². The summed E-state index contributed by atoms with van der Waals surface area (Å²) in [5.74, 6) is -1.40. The van der Waals surface area contributed by atoms with Gasteiger partial charge in [0.2, 0.25) is 5.75 Å². The molecule has 0 bridgehead atoms. The summed E-state index contributed by atoms with van der Waals surface area (Å²) >= 11 is 0. The van der Waals surface area contributed by atoms with Gasteiger partial charge in [0.1, 0.15) is 44.7 Å². The second-order valence-electron chi connectivity index (χ2n) is 11.6. The van der Waals surface area contributed by atoms with Crippen molar-refractivity contribution >= 4 is 5.97 Å². The maximum absolute atomic E-state index is 12.1. The lowest BCUT2D eigenvalue weighted by atomic mass is 10.2. The average molecular weight is 567 g/mol. The van der Waals surface area contributed by atoms with Crippen LogP contribution in [-0.2, 0) is 44.6 Å². The van der Waals surface area contributed by atoms with Crippen LogP contribution in [0.2, 0.25) is 0 Å². The number of carbonyl (C=O) groups excluding carboxylic acids is 1. The van der Waals surface area contributed by atoms with Crippen LogP contribution in [0.4, 0.5) is 0 Å². The highest BCUT2D eigenvalue weighted by Crippen LogP contribution is 2.41. The Morgan fingerprint density at radius 2 is 1.18 bits per heavy atom. The van der Waals surface area contributed by atoms with Gasteiger partial charge in [-0.1, -0.05) is 6.58 Å². The van der Waals surface area contributed by atoms with Crippen molar-refractivity contribution in [2.45, 2.75) is 90.7 Å². The number of ether oxygens (including phenoxy) is 10. The molecule has 3 saturated heterocycles. The molecule has 0 saturated carbocycles. The van der Waals surface area contributed by atoms with E-state index in [1.807, 2.05) is 41.5 Å². The minimum Gasteiger partial charge on any atom is -0.487 e. The predicted octanol–water partition coefficient (Wildman–Crippen LogP) is 3.90. The number of benzene rings is 1. The predicted molar refractivity (Wildman–Crippen MR) is 142 cm³/mol. The van der Waals surface area contributed by atoms with E-state index in [0.29, 0.717) is 48.2 Å². The van der Waals surface area contributed by atoms with Crippen LogP contribution in [0.5, 0.6) is 17.2 Å². The molecule has 11 nitrogen and oxygen atoms in total. The van der Waals surface area contributed by atoms with E-state index in [0.717, 1.165) is 0 Å². The Morgan fingerprint density at radius 1 is 0.775 bits per heavy atom. The highest BCUT2D eigenvalue weighted by molar-refractivity contribution is 5.86. The smallest absolute Gasteiger partial charge is 0.333 e. The fraction of sp³-hybridized carbons (Fsp3) is 0.690. The molecule has 0 aliphatic carbocycles. The summed E-state index contributed by atoms with van der Waals surface area (Å²) in [5, 5.41) is 0. The molecular weight excluding hydrogens is 524 g/mol. The lowest BCUT2D eigenvalue weighted by Gasteiger charge is -2.22. The lowest BCUT2D eigenvalue weighted by Crippen LogP contribution is -2.27. The van der Waals surface area contributed by atoms with E-state index in [2.05, 4.69) is 6.58 Å². The molecule has 3 unspecified atom stereocenters.